The van der Waals surface area contributed by atoms with Crippen molar-refractivity contribution in [2.75, 3.05) is 0 Å². The molecule has 0 saturated heterocycles. The first-order chi connectivity index (χ1) is 19.1. The molecule has 5 rings (SSSR count). The minimum atomic E-state index is -0.321. The van der Waals surface area contributed by atoms with Gasteiger partial charge in [-0.25, -0.2) is 9.37 Å². The number of H-pyrrole nitrogens is 2. The van der Waals surface area contributed by atoms with Crippen molar-refractivity contribution in [3.05, 3.63) is 84.7 Å². The third-order valence-corrected chi connectivity index (χ3v) is 6.26. The molecule has 0 aliphatic carbocycles. The van der Waals surface area contributed by atoms with Gasteiger partial charge < -0.3 is 10.3 Å². The molecule has 0 atom stereocenters. The molecule has 5 aromatic rings. The lowest BCUT2D eigenvalue weighted by atomic mass is 9.92. The number of halogens is 1. The van der Waals surface area contributed by atoms with E-state index < -0.39 is 0 Å². The molecule has 0 bridgehead atoms. The maximum Gasteiger partial charge on any atom is 0.224 e. The van der Waals surface area contributed by atoms with E-state index in [1.807, 2.05) is 52.0 Å². The number of aliphatic imine (C=N–C) groups is 1. The summed E-state index contributed by atoms with van der Waals surface area (Å²) in [4.78, 5) is 28.9. The van der Waals surface area contributed by atoms with Crippen LogP contribution in [0.4, 0.5) is 4.39 Å². The van der Waals surface area contributed by atoms with Gasteiger partial charge in [-0.15, -0.1) is 0 Å². The number of amides is 1. The van der Waals surface area contributed by atoms with E-state index in [1.54, 1.807) is 24.7 Å². The number of aromatic amines is 2. The average Bonchev–Trinajstić information content (AvgIpc) is 3.51. The number of nitrogens with one attached hydrogen (secondary N) is 3. The molecular formula is C31H30FN7O. The van der Waals surface area contributed by atoms with Crippen LogP contribution in [0.3, 0.4) is 0 Å². The molecule has 0 saturated carbocycles. The lowest BCUT2D eigenvalue weighted by molar-refractivity contribution is -0.121. The quantitative estimate of drug-likeness (QED) is 0.199. The Morgan fingerprint density at radius 2 is 1.98 bits per heavy atom. The number of benzene rings is 2. The standard InChI is InChI=1S/C31H30FN7O/c1-18(14-33-15-19(2)35-27(40)13-31(3,4)5)20-9-10-25-23(12-20)29(39-38-25)30-36-26-17-34-16-24(28(26)37-30)21-7-6-8-22(32)11-21/h6-12,14-17H,2,13H2,1,3-5H3,(H,35,40)(H,36,37)(H,38,39)/b18-14+,33-15-. The van der Waals surface area contributed by atoms with Crippen LogP contribution in [-0.2, 0) is 4.79 Å². The molecule has 202 valence electrons. The molecule has 0 fully saturated rings. The summed E-state index contributed by atoms with van der Waals surface area (Å²) in [7, 11) is 0. The normalized spacial score (nSPS) is 12.5. The summed E-state index contributed by atoms with van der Waals surface area (Å²) < 4.78 is 13.9. The molecule has 2 aromatic carbocycles. The number of nitrogens with zero attached hydrogens (tertiary/aromatic N) is 4. The highest BCUT2D eigenvalue weighted by atomic mass is 19.1. The van der Waals surface area contributed by atoms with Crippen LogP contribution < -0.4 is 5.32 Å². The van der Waals surface area contributed by atoms with Crippen LogP contribution in [0.25, 0.3) is 50.2 Å². The van der Waals surface area contributed by atoms with Crippen molar-refractivity contribution in [2.45, 2.75) is 34.1 Å². The number of fused-ring (bicyclic) bond motifs is 2. The predicted octanol–water partition coefficient (Wildman–Crippen LogP) is 6.81. The second kappa shape index (κ2) is 10.7. The second-order valence-electron chi connectivity index (χ2n) is 10.9. The number of pyridine rings is 1. The Kier molecular flexibility index (Phi) is 7.13. The Labute approximate surface area is 231 Å². The number of aromatic nitrogens is 5. The smallest absolute Gasteiger partial charge is 0.224 e. The first-order valence-corrected chi connectivity index (χ1v) is 12.8. The fourth-order valence-electron chi connectivity index (χ4n) is 4.40. The van der Waals surface area contributed by atoms with E-state index in [9.17, 15) is 9.18 Å². The first kappa shape index (κ1) is 26.7. The van der Waals surface area contributed by atoms with Crippen LogP contribution in [0.15, 0.2) is 78.3 Å². The molecular weight excluding hydrogens is 505 g/mol. The Bertz CT molecular complexity index is 1800. The van der Waals surface area contributed by atoms with Crippen molar-refractivity contribution in [3.8, 4) is 22.6 Å². The van der Waals surface area contributed by atoms with E-state index in [1.165, 1.54) is 18.3 Å². The van der Waals surface area contributed by atoms with Crippen molar-refractivity contribution < 1.29 is 9.18 Å². The van der Waals surface area contributed by atoms with Gasteiger partial charge in [-0.2, -0.15) is 5.10 Å². The molecule has 3 heterocycles. The van der Waals surface area contributed by atoms with E-state index >= 15 is 0 Å². The highest BCUT2D eigenvalue weighted by molar-refractivity contribution is 5.97. The zero-order chi connectivity index (χ0) is 28.4. The molecule has 3 N–H and O–H groups in total. The van der Waals surface area contributed by atoms with Gasteiger partial charge in [-0.1, -0.05) is 45.5 Å². The summed E-state index contributed by atoms with van der Waals surface area (Å²) in [6, 6.07) is 12.3. The summed E-state index contributed by atoms with van der Waals surface area (Å²) >= 11 is 0. The maximum atomic E-state index is 13.9. The number of carbonyl (C=O) groups excluding carboxylic acids is 1. The fourth-order valence-corrected chi connectivity index (χ4v) is 4.40. The summed E-state index contributed by atoms with van der Waals surface area (Å²) in [5, 5.41) is 11.2. The minimum absolute atomic E-state index is 0.0907. The molecule has 0 radical (unpaired) electrons. The Hall–Kier alpha value is -4.92. The van der Waals surface area contributed by atoms with E-state index in [-0.39, 0.29) is 17.1 Å². The Morgan fingerprint density at radius 1 is 1.15 bits per heavy atom. The van der Waals surface area contributed by atoms with Gasteiger partial charge in [0, 0.05) is 36.0 Å². The molecule has 0 aliphatic rings. The fraction of sp³-hybridized carbons (Fsp3) is 0.194. The molecule has 3 aromatic heterocycles. The maximum absolute atomic E-state index is 13.9. The van der Waals surface area contributed by atoms with Crippen molar-refractivity contribution >= 4 is 39.6 Å². The number of imidazole rings is 1. The third-order valence-electron chi connectivity index (χ3n) is 6.26. The van der Waals surface area contributed by atoms with Crippen molar-refractivity contribution in [3.63, 3.8) is 0 Å². The SMILES string of the molecule is C=C(/C=N\C=C(/C)c1ccc2[nH]nc(-c3nc4c(-c5cccc(F)c5)cncc4[nH]3)c2c1)NC(=O)CC(C)(C)C. The highest BCUT2D eigenvalue weighted by Crippen LogP contribution is 2.32. The van der Waals surface area contributed by atoms with Crippen LogP contribution in [0, 0.1) is 11.2 Å². The molecule has 0 unspecified atom stereocenters. The van der Waals surface area contributed by atoms with Gasteiger partial charge in [-0.05, 0) is 53.3 Å². The highest BCUT2D eigenvalue weighted by Gasteiger charge is 2.17. The van der Waals surface area contributed by atoms with E-state index in [0.29, 0.717) is 34.7 Å². The number of hydrogen-bond acceptors (Lipinski definition) is 5. The van der Waals surface area contributed by atoms with Gasteiger partial charge in [0.15, 0.2) is 5.82 Å². The molecule has 0 aliphatic heterocycles. The predicted molar refractivity (Wildman–Crippen MR) is 158 cm³/mol. The topological polar surface area (TPSA) is 112 Å². The molecule has 8 nitrogen and oxygen atoms in total. The van der Waals surface area contributed by atoms with Crippen molar-refractivity contribution in [1.82, 2.24) is 30.5 Å². The monoisotopic (exact) mass is 535 g/mol. The number of allylic oxidation sites excluding steroid dienone is 2. The zero-order valence-corrected chi connectivity index (χ0v) is 22.8. The molecule has 40 heavy (non-hydrogen) atoms. The Morgan fingerprint density at radius 3 is 2.75 bits per heavy atom. The molecule has 9 heteroatoms. The summed E-state index contributed by atoms with van der Waals surface area (Å²) in [6.45, 7) is 11.8. The largest absolute Gasteiger partial charge is 0.335 e. The minimum Gasteiger partial charge on any atom is -0.335 e. The summed E-state index contributed by atoms with van der Waals surface area (Å²) in [5.74, 6) is 0.163. The lowest BCUT2D eigenvalue weighted by Gasteiger charge is -2.17. The first-order valence-electron chi connectivity index (χ1n) is 12.8. The van der Waals surface area contributed by atoms with Crippen LogP contribution in [-0.4, -0.2) is 37.3 Å². The van der Waals surface area contributed by atoms with Gasteiger partial charge in [-0.3, -0.25) is 19.9 Å². The summed E-state index contributed by atoms with van der Waals surface area (Å²) in [5.41, 5.74) is 6.55. The number of carbonyl (C=O) groups is 1. The lowest BCUT2D eigenvalue weighted by Crippen LogP contribution is -2.27. The van der Waals surface area contributed by atoms with Crippen LogP contribution in [0.1, 0.15) is 39.7 Å². The van der Waals surface area contributed by atoms with E-state index in [4.69, 9.17) is 4.98 Å². The Balaban J connectivity index is 1.41. The van der Waals surface area contributed by atoms with Gasteiger partial charge in [0.05, 0.1) is 28.4 Å². The average molecular weight is 536 g/mol. The van der Waals surface area contributed by atoms with E-state index in [0.717, 1.165) is 33.1 Å². The van der Waals surface area contributed by atoms with Gasteiger partial charge in [0.1, 0.15) is 11.5 Å². The third kappa shape index (κ3) is 5.88. The van der Waals surface area contributed by atoms with Crippen LogP contribution in [0.5, 0.6) is 0 Å². The summed E-state index contributed by atoms with van der Waals surface area (Å²) in [6.07, 6.45) is 7.03. The van der Waals surface area contributed by atoms with E-state index in [2.05, 4.69) is 37.1 Å². The van der Waals surface area contributed by atoms with Crippen molar-refractivity contribution in [1.29, 1.82) is 0 Å². The van der Waals surface area contributed by atoms with Crippen LogP contribution in [0.2, 0.25) is 0 Å². The second-order valence-corrected chi connectivity index (χ2v) is 10.9. The van der Waals surface area contributed by atoms with Crippen LogP contribution >= 0.6 is 0 Å². The van der Waals surface area contributed by atoms with Gasteiger partial charge in [0.2, 0.25) is 5.91 Å². The number of hydrogen-bond donors (Lipinski definition) is 3. The van der Waals surface area contributed by atoms with Gasteiger partial charge in [0.25, 0.3) is 0 Å². The van der Waals surface area contributed by atoms with Gasteiger partial charge >= 0.3 is 0 Å². The number of rotatable bonds is 7. The molecule has 0 spiro atoms. The molecule has 1 amide bonds. The zero-order valence-electron chi connectivity index (χ0n) is 22.8. The van der Waals surface area contributed by atoms with Crippen molar-refractivity contribution in [2.24, 2.45) is 10.4 Å².